The van der Waals surface area contributed by atoms with Gasteiger partial charge in [0.25, 0.3) is 0 Å². The van der Waals surface area contributed by atoms with E-state index in [2.05, 4.69) is 255 Å². The molecular weight excluding hydrogens is 871 g/mol. The van der Waals surface area contributed by atoms with Gasteiger partial charge in [-0.15, -0.1) is 0 Å². The molecule has 0 unspecified atom stereocenters. The summed E-state index contributed by atoms with van der Waals surface area (Å²) in [4.78, 5) is 2.57. The lowest BCUT2D eigenvalue weighted by Crippen LogP contribution is -2.26. The molecule has 0 saturated carbocycles. The van der Waals surface area contributed by atoms with E-state index in [1.807, 2.05) is 0 Å². The quantitative estimate of drug-likeness (QED) is 0.164. The highest BCUT2D eigenvalue weighted by Gasteiger charge is 2.51. The Labute approximate surface area is 417 Å². The fraction of sp³-hybridized carbons (Fsp3) is 0.0571. The predicted octanol–water partition coefficient (Wildman–Crippen LogP) is 18.8. The molecule has 1 aromatic heterocycles. The SMILES string of the molecule is CC1(C)c2ccccc2-c2cc(N(c3ccc4c(c3)C3(c5ccccc5-c5ccccc53)c3ccccc3-4)c3ccc4c5ccccc5c5ccccc5c4c3-c3cccc4c3oc3ccccc34)ccc21. The minimum atomic E-state index is -0.511. The molecule has 3 aliphatic rings. The van der Waals surface area contributed by atoms with E-state index in [9.17, 15) is 0 Å². The molecule has 0 bridgehead atoms. The molecule has 3 aliphatic carbocycles. The highest BCUT2D eigenvalue weighted by atomic mass is 16.3. The summed E-state index contributed by atoms with van der Waals surface area (Å²) in [6.45, 7) is 4.74. The first-order valence-electron chi connectivity index (χ1n) is 25.3. The maximum absolute atomic E-state index is 7.06. The zero-order valence-corrected chi connectivity index (χ0v) is 39.9. The van der Waals surface area contributed by atoms with Gasteiger partial charge in [-0.3, -0.25) is 0 Å². The van der Waals surface area contributed by atoms with E-state index in [-0.39, 0.29) is 5.41 Å². The maximum Gasteiger partial charge on any atom is 0.143 e. The van der Waals surface area contributed by atoms with Crippen molar-refractivity contribution in [2.24, 2.45) is 0 Å². The van der Waals surface area contributed by atoms with E-state index in [1.54, 1.807) is 0 Å². The van der Waals surface area contributed by atoms with E-state index in [0.29, 0.717) is 0 Å². The number of nitrogens with zero attached hydrogens (tertiary/aromatic N) is 1. The van der Waals surface area contributed by atoms with Crippen molar-refractivity contribution < 1.29 is 4.42 Å². The van der Waals surface area contributed by atoms with Crippen molar-refractivity contribution in [3.8, 4) is 44.5 Å². The van der Waals surface area contributed by atoms with Gasteiger partial charge in [-0.05, 0) is 130 Å². The zero-order chi connectivity index (χ0) is 47.5. The highest BCUT2D eigenvalue weighted by Crippen LogP contribution is 2.64. The molecule has 0 aliphatic heterocycles. The average molecular weight is 916 g/mol. The van der Waals surface area contributed by atoms with Crippen molar-refractivity contribution in [1.82, 2.24) is 0 Å². The summed E-state index contributed by atoms with van der Waals surface area (Å²) < 4.78 is 7.06. The van der Waals surface area contributed by atoms with E-state index >= 15 is 0 Å². The van der Waals surface area contributed by atoms with Gasteiger partial charge in [0.05, 0.1) is 11.1 Å². The van der Waals surface area contributed by atoms with Crippen LogP contribution in [0.1, 0.15) is 47.2 Å². The molecule has 1 spiro atoms. The van der Waals surface area contributed by atoms with Crippen molar-refractivity contribution >= 4 is 71.3 Å². The normalized spacial score (nSPS) is 14.2. The number of hydrogen-bond acceptors (Lipinski definition) is 2. The predicted molar refractivity (Wildman–Crippen MR) is 300 cm³/mol. The van der Waals surface area contributed by atoms with Gasteiger partial charge in [-0.2, -0.15) is 0 Å². The van der Waals surface area contributed by atoms with Crippen LogP contribution in [0.25, 0.3) is 98.8 Å². The Balaban J connectivity index is 1.06. The number of rotatable bonds is 4. The summed E-state index contributed by atoms with van der Waals surface area (Å²) in [5, 5.41) is 9.56. The Bertz CT molecular complexity index is 4410. The first-order chi connectivity index (χ1) is 35.5. The monoisotopic (exact) mass is 915 g/mol. The Morgan fingerprint density at radius 2 is 0.778 bits per heavy atom. The summed E-state index contributed by atoms with van der Waals surface area (Å²) >= 11 is 0. The van der Waals surface area contributed by atoms with Gasteiger partial charge in [-0.1, -0.05) is 214 Å². The summed E-state index contributed by atoms with van der Waals surface area (Å²) in [7, 11) is 0. The molecule has 13 aromatic rings. The fourth-order valence-corrected chi connectivity index (χ4v) is 13.9. The van der Waals surface area contributed by atoms with Crippen molar-refractivity contribution in [2.75, 3.05) is 4.90 Å². The second-order valence-corrected chi connectivity index (χ2v) is 20.6. The zero-order valence-electron chi connectivity index (χ0n) is 39.9. The lowest BCUT2D eigenvalue weighted by atomic mass is 9.70. The van der Waals surface area contributed by atoms with Gasteiger partial charge >= 0.3 is 0 Å². The number of furan rings is 1. The van der Waals surface area contributed by atoms with Crippen LogP contribution < -0.4 is 4.90 Å². The Morgan fingerprint density at radius 1 is 0.319 bits per heavy atom. The molecule has 16 rings (SSSR count). The van der Waals surface area contributed by atoms with Gasteiger partial charge in [0, 0.05) is 44.1 Å². The van der Waals surface area contributed by atoms with Gasteiger partial charge in [0.15, 0.2) is 0 Å². The van der Waals surface area contributed by atoms with E-state index in [4.69, 9.17) is 4.42 Å². The van der Waals surface area contributed by atoms with Gasteiger partial charge in [0.1, 0.15) is 11.2 Å². The van der Waals surface area contributed by atoms with E-state index < -0.39 is 5.41 Å². The lowest BCUT2D eigenvalue weighted by molar-refractivity contribution is 0.660. The van der Waals surface area contributed by atoms with Crippen LogP contribution in [0.2, 0.25) is 0 Å². The molecule has 2 nitrogen and oxygen atoms in total. The van der Waals surface area contributed by atoms with Gasteiger partial charge in [-0.25, -0.2) is 0 Å². The first kappa shape index (κ1) is 39.8. The molecule has 336 valence electrons. The number of anilines is 3. The van der Waals surface area contributed by atoms with Crippen LogP contribution in [0.15, 0.2) is 241 Å². The number of para-hydroxylation sites is 2. The second-order valence-electron chi connectivity index (χ2n) is 20.6. The summed E-state index contributed by atoms with van der Waals surface area (Å²) in [5.74, 6) is 0. The fourth-order valence-electron chi connectivity index (χ4n) is 13.9. The number of benzene rings is 12. The summed E-state index contributed by atoms with van der Waals surface area (Å²) in [6.07, 6.45) is 0. The number of fused-ring (bicyclic) bond motifs is 22. The third-order valence-corrected chi connectivity index (χ3v) is 16.9. The Morgan fingerprint density at radius 3 is 1.44 bits per heavy atom. The highest BCUT2D eigenvalue weighted by molar-refractivity contribution is 6.31. The van der Waals surface area contributed by atoms with Crippen LogP contribution in [0, 0.1) is 0 Å². The van der Waals surface area contributed by atoms with Crippen molar-refractivity contribution in [3.63, 3.8) is 0 Å². The molecule has 0 N–H and O–H groups in total. The second kappa shape index (κ2) is 14.3. The lowest BCUT2D eigenvalue weighted by Gasteiger charge is -2.33. The minimum Gasteiger partial charge on any atom is -0.455 e. The van der Waals surface area contributed by atoms with Crippen molar-refractivity contribution in [2.45, 2.75) is 24.7 Å². The minimum absolute atomic E-state index is 0.144. The number of hydrogen-bond donors (Lipinski definition) is 0. The average Bonchev–Trinajstić information content (AvgIpc) is 4.13. The third-order valence-electron chi connectivity index (χ3n) is 16.9. The molecule has 0 atom stereocenters. The van der Waals surface area contributed by atoms with E-state index in [1.165, 1.54) is 99.1 Å². The molecule has 2 heteroatoms. The van der Waals surface area contributed by atoms with Crippen LogP contribution in [0.3, 0.4) is 0 Å². The molecular formula is C70H45NO. The standard InChI is InChI=1S/C70H45NO/c1-69(2)58-29-12-7-24-50(58)57-40-42(35-38-59(57)69)71(43-34-36-51-49-23-10-15-32-62(49)70(63(51)41-43)60-30-13-8-21-47(60)48-22-9-14-31-61(48)70)64-39-37-54-46-20-4-3-18-44(46)45-19-5-6-26-53(45)66(54)67(64)56-28-17-27-55-52-25-11-16-33-65(52)72-68(55)56/h3-41H,1-2H3. The van der Waals surface area contributed by atoms with Crippen molar-refractivity contribution in [3.05, 3.63) is 270 Å². The maximum atomic E-state index is 7.06. The van der Waals surface area contributed by atoms with Crippen LogP contribution in [-0.4, -0.2) is 0 Å². The molecule has 12 aromatic carbocycles. The third kappa shape index (κ3) is 5.03. The molecule has 0 fully saturated rings. The van der Waals surface area contributed by atoms with Crippen LogP contribution in [-0.2, 0) is 10.8 Å². The first-order valence-corrected chi connectivity index (χ1v) is 25.3. The van der Waals surface area contributed by atoms with Crippen LogP contribution >= 0.6 is 0 Å². The summed E-state index contributed by atoms with van der Waals surface area (Å²) in [5.41, 5.74) is 22.3. The van der Waals surface area contributed by atoms with E-state index in [0.717, 1.165) is 50.1 Å². The largest absolute Gasteiger partial charge is 0.455 e. The smallest absolute Gasteiger partial charge is 0.143 e. The molecule has 1 heterocycles. The Hall–Kier alpha value is -8.98. The molecule has 0 amide bonds. The molecule has 0 radical (unpaired) electrons. The van der Waals surface area contributed by atoms with Crippen LogP contribution in [0.4, 0.5) is 17.1 Å². The summed E-state index contributed by atoms with van der Waals surface area (Å²) in [6, 6.07) is 88.8. The van der Waals surface area contributed by atoms with Crippen molar-refractivity contribution in [1.29, 1.82) is 0 Å². The molecule has 0 saturated heterocycles. The topological polar surface area (TPSA) is 16.4 Å². The Kier molecular flexibility index (Phi) is 7.92. The van der Waals surface area contributed by atoms with Gasteiger partial charge in [0.2, 0.25) is 0 Å². The van der Waals surface area contributed by atoms with Crippen LogP contribution in [0.5, 0.6) is 0 Å². The molecule has 72 heavy (non-hydrogen) atoms. The van der Waals surface area contributed by atoms with Gasteiger partial charge < -0.3 is 9.32 Å².